The molecule has 3 N–H and O–H groups in total. The Labute approximate surface area is 129 Å². The monoisotopic (exact) mass is 319 g/mol. The van der Waals surface area contributed by atoms with E-state index in [2.05, 4.69) is 5.32 Å². The Morgan fingerprint density at radius 2 is 2.14 bits per heavy atom. The second-order valence-electron chi connectivity index (χ2n) is 5.00. The molecule has 0 saturated heterocycles. The van der Waals surface area contributed by atoms with E-state index in [1.54, 1.807) is 24.5 Å². The van der Waals surface area contributed by atoms with Crippen LogP contribution in [0.25, 0.3) is 11.3 Å². The van der Waals surface area contributed by atoms with Crippen LogP contribution in [0.15, 0.2) is 34.9 Å². The maximum Gasteiger partial charge on any atom is 0.148 e. The van der Waals surface area contributed by atoms with Crippen molar-refractivity contribution < 1.29 is 12.8 Å². The molecule has 0 aliphatic rings. The molecule has 1 heterocycles. The van der Waals surface area contributed by atoms with E-state index in [0.717, 1.165) is 11.1 Å². The van der Waals surface area contributed by atoms with Crippen LogP contribution >= 0.6 is 0 Å². The van der Waals surface area contributed by atoms with Gasteiger partial charge in [-0.3, -0.25) is 0 Å². The second kappa shape index (κ2) is 6.64. The van der Waals surface area contributed by atoms with Gasteiger partial charge in [-0.05, 0) is 24.3 Å². The summed E-state index contributed by atoms with van der Waals surface area (Å²) in [4.78, 5) is 0. The van der Waals surface area contributed by atoms with Crippen molar-refractivity contribution in [2.45, 2.75) is 6.54 Å². The number of nitrogens with one attached hydrogen (secondary N) is 1. The Kier molecular flexibility index (Phi) is 4.85. The molecule has 116 valence electrons. The maximum atomic E-state index is 11.1. The number of nitrogens with two attached hydrogens (primary N) is 1. The number of benzene rings is 1. The van der Waals surface area contributed by atoms with E-state index < -0.39 is 9.84 Å². The van der Waals surface area contributed by atoms with Gasteiger partial charge >= 0.3 is 0 Å². The fourth-order valence-corrected chi connectivity index (χ4v) is 2.52. The predicted molar refractivity (Wildman–Crippen MR) is 84.7 cm³/mol. The molecule has 1 aromatic carbocycles. The lowest BCUT2D eigenvalue weighted by Crippen LogP contribution is -2.21. The first-order valence-electron chi connectivity index (χ1n) is 6.65. The fraction of sp³-hybridized carbons (Fsp3) is 0.267. The lowest BCUT2D eigenvalue weighted by molar-refractivity contribution is 0.576. The first-order valence-corrected chi connectivity index (χ1v) is 8.71. The third kappa shape index (κ3) is 4.10. The van der Waals surface area contributed by atoms with Crippen LogP contribution in [0.2, 0.25) is 0 Å². The van der Waals surface area contributed by atoms with Crippen molar-refractivity contribution in [1.29, 1.82) is 5.26 Å². The largest absolute Gasteiger partial charge is 0.464 e. The molecule has 7 heteroatoms. The molecule has 6 nitrogen and oxygen atoms in total. The first kappa shape index (κ1) is 16.1. The van der Waals surface area contributed by atoms with Crippen molar-refractivity contribution in [3.05, 3.63) is 41.7 Å². The molecule has 0 amide bonds. The van der Waals surface area contributed by atoms with Crippen molar-refractivity contribution in [3.63, 3.8) is 0 Å². The number of rotatable bonds is 6. The van der Waals surface area contributed by atoms with Crippen LogP contribution in [0, 0.1) is 11.3 Å². The van der Waals surface area contributed by atoms with Crippen LogP contribution in [-0.4, -0.2) is 27.0 Å². The molecule has 0 radical (unpaired) electrons. The normalized spacial score (nSPS) is 11.3. The lowest BCUT2D eigenvalue weighted by Gasteiger charge is -2.06. The molecule has 0 fully saturated rings. The third-order valence-corrected chi connectivity index (χ3v) is 4.09. The summed E-state index contributed by atoms with van der Waals surface area (Å²) in [6, 6.07) is 8.97. The van der Waals surface area contributed by atoms with Gasteiger partial charge in [0.05, 0.1) is 17.6 Å². The molecular weight excluding hydrogens is 302 g/mol. The highest BCUT2D eigenvalue weighted by molar-refractivity contribution is 7.90. The van der Waals surface area contributed by atoms with E-state index in [-0.39, 0.29) is 5.75 Å². The van der Waals surface area contributed by atoms with Crippen LogP contribution in [-0.2, 0) is 16.4 Å². The average molecular weight is 319 g/mol. The van der Waals surface area contributed by atoms with Gasteiger partial charge in [-0.25, -0.2) is 8.42 Å². The van der Waals surface area contributed by atoms with Gasteiger partial charge in [-0.2, -0.15) is 5.26 Å². The number of hydrogen-bond donors (Lipinski definition) is 2. The molecule has 0 unspecified atom stereocenters. The molecule has 0 aliphatic heterocycles. The second-order valence-corrected chi connectivity index (χ2v) is 7.26. The zero-order valence-electron chi connectivity index (χ0n) is 12.2. The lowest BCUT2D eigenvalue weighted by atomic mass is 10.0. The van der Waals surface area contributed by atoms with Crippen LogP contribution in [0.5, 0.6) is 0 Å². The van der Waals surface area contributed by atoms with Gasteiger partial charge in [0.15, 0.2) is 0 Å². The van der Waals surface area contributed by atoms with Gasteiger partial charge in [0.2, 0.25) is 0 Å². The SMILES string of the molecule is CS(=O)(=O)CCNCc1ccoc1-c1ccc(N)c(C#N)c1. The summed E-state index contributed by atoms with van der Waals surface area (Å²) in [6.07, 6.45) is 2.76. The highest BCUT2D eigenvalue weighted by atomic mass is 32.2. The summed E-state index contributed by atoms with van der Waals surface area (Å²) in [5.41, 5.74) is 8.17. The number of hydrogen-bond acceptors (Lipinski definition) is 6. The van der Waals surface area contributed by atoms with Crippen molar-refractivity contribution in [2.75, 3.05) is 24.3 Å². The van der Waals surface area contributed by atoms with Gasteiger partial charge in [0, 0.05) is 36.2 Å². The third-order valence-electron chi connectivity index (χ3n) is 3.15. The molecule has 0 spiro atoms. The first-order chi connectivity index (χ1) is 10.4. The van der Waals surface area contributed by atoms with Crippen LogP contribution in [0.3, 0.4) is 0 Å². The van der Waals surface area contributed by atoms with Gasteiger partial charge in [0.1, 0.15) is 21.7 Å². The molecule has 0 aliphatic carbocycles. The van der Waals surface area contributed by atoms with Crippen molar-refractivity contribution in [3.8, 4) is 17.4 Å². The molecule has 2 aromatic rings. The minimum Gasteiger partial charge on any atom is -0.464 e. The molecule has 1 aromatic heterocycles. The molecule has 0 saturated carbocycles. The number of nitrogens with zero attached hydrogens (tertiary/aromatic N) is 1. The topological polar surface area (TPSA) is 109 Å². The van der Waals surface area contributed by atoms with E-state index in [0.29, 0.717) is 30.1 Å². The van der Waals surface area contributed by atoms with Crippen LogP contribution in [0.1, 0.15) is 11.1 Å². The van der Waals surface area contributed by atoms with E-state index >= 15 is 0 Å². The Morgan fingerprint density at radius 3 is 2.82 bits per heavy atom. The zero-order chi connectivity index (χ0) is 16.2. The number of anilines is 1. The van der Waals surface area contributed by atoms with E-state index in [1.165, 1.54) is 6.26 Å². The minimum absolute atomic E-state index is 0.0840. The standard InChI is InChI=1S/C15H17N3O3S/c1-22(19,20)7-5-18-10-12-4-6-21-15(12)11-2-3-14(17)13(8-11)9-16/h2-4,6,8,18H,5,7,10,17H2,1H3. The van der Waals surface area contributed by atoms with E-state index in [9.17, 15) is 8.42 Å². The summed E-state index contributed by atoms with van der Waals surface area (Å²) in [6.45, 7) is 0.849. The number of sulfone groups is 1. The minimum atomic E-state index is -2.98. The highest BCUT2D eigenvalue weighted by Gasteiger charge is 2.11. The quantitative estimate of drug-likeness (QED) is 0.617. The van der Waals surface area contributed by atoms with E-state index in [4.69, 9.17) is 15.4 Å². The highest BCUT2D eigenvalue weighted by Crippen LogP contribution is 2.27. The summed E-state index contributed by atoms with van der Waals surface area (Å²) in [5, 5.41) is 12.1. The smallest absolute Gasteiger partial charge is 0.148 e. The average Bonchev–Trinajstić information content (AvgIpc) is 2.91. The Bertz CT molecular complexity index is 804. The van der Waals surface area contributed by atoms with Gasteiger partial charge in [-0.15, -0.1) is 0 Å². The van der Waals surface area contributed by atoms with Crippen LogP contribution in [0.4, 0.5) is 5.69 Å². The summed E-state index contributed by atoms with van der Waals surface area (Å²) < 4.78 is 27.6. The Balaban J connectivity index is 2.11. The number of furan rings is 1. The number of nitrogen functional groups attached to an aromatic ring is 1. The predicted octanol–water partition coefficient (Wildman–Crippen LogP) is 1.53. The summed E-state index contributed by atoms with van der Waals surface area (Å²) >= 11 is 0. The fourth-order valence-electron chi connectivity index (χ4n) is 2.00. The summed E-state index contributed by atoms with van der Waals surface area (Å²) in [5.74, 6) is 0.726. The number of nitriles is 1. The molecule has 22 heavy (non-hydrogen) atoms. The van der Waals surface area contributed by atoms with Crippen molar-refractivity contribution in [1.82, 2.24) is 5.32 Å². The van der Waals surface area contributed by atoms with Crippen molar-refractivity contribution >= 4 is 15.5 Å². The Hall–Kier alpha value is -2.30. The molecule has 2 rings (SSSR count). The zero-order valence-corrected chi connectivity index (χ0v) is 13.0. The van der Waals surface area contributed by atoms with Gasteiger partial charge in [-0.1, -0.05) is 0 Å². The maximum absolute atomic E-state index is 11.1. The Morgan fingerprint density at radius 1 is 1.36 bits per heavy atom. The van der Waals surface area contributed by atoms with Gasteiger partial charge < -0.3 is 15.5 Å². The molecule has 0 bridgehead atoms. The van der Waals surface area contributed by atoms with Crippen molar-refractivity contribution in [2.24, 2.45) is 0 Å². The molecule has 0 atom stereocenters. The molecular formula is C15H17N3O3S. The van der Waals surface area contributed by atoms with Crippen LogP contribution < -0.4 is 11.1 Å². The van der Waals surface area contributed by atoms with E-state index in [1.807, 2.05) is 12.1 Å². The summed E-state index contributed by atoms with van der Waals surface area (Å²) in [7, 11) is -2.98. The van der Waals surface area contributed by atoms with Gasteiger partial charge in [0.25, 0.3) is 0 Å².